The van der Waals surface area contributed by atoms with Crippen LogP contribution in [0.4, 0.5) is 5.69 Å². The van der Waals surface area contributed by atoms with Crippen molar-refractivity contribution < 1.29 is 18.1 Å². The van der Waals surface area contributed by atoms with Crippen LogP contribution in [0.25, 0.3) is 0 Å². The number of nitrogens with zero attached hydrogens (tertiary/aromatic N) is 1. The van der Waals surface area contributed by atoms with Crippen molar-refractivity contribution >= 4 is 48.0 Å². The molecule has 0 bridgehead atoms. The van der Waals surface area contributed by atoms with Gasteiger partial charge in [0.2, 0.25) is 0 Å². The zero-order chi connectivity index (χ0) is 12.5. The van der Waals surface area contributed by atoms with E-state index in [1.54, 1.807) is 22.6 Å². The van der Waals surface area contributed by atoms with Crippen LogP contribution in [0.5, 0.6) is 5.75 Å². The second-order valence-electron chi connectivity index (χ2n) is 2.65. The van der Waals surface area contributed by atoms with Gasteiger partial charge in [0, 0.05) is 22.8 Å². The molecule has 0 saturated carbocycles. The summed E-state index contributed by atoms with van der Waals surface area (Å²) in [5.41, 5.74) is -0.362. The molecule has 0 aliphatic rings. The van der Waals surface area contributed by atoms with E-state index in [0.29, 0.717) is 0 Å². The third kappa shape index (κ3) is 2.74. The van der Waals surface area contributed by atoms with E-state index < -0.39 is 14.0 Å². The van der Waals surface area contributed by atoms with Gasteiger partial charge in [-0.3, -0.25) is 10.1 Å². The first-order valence-electron chi connectivity index (χ1n) is 3.74. The van der Waals surface area contributed by atoms with Crippen LogP contribution in [0, 0.1) is 13.7 Å². The molecule has 0 N–H and O–H groups in total. The Bertz CT molecular complexity index is 544. The number of nitro groups is 1. The van der Waals surface area contributed by atoms with Gasteiger partial charge in [0.1, 0.15) is 9.32 Å². The molecule has 16 heavy (non-hydrogen) atoms. The molecule has 88 valence electrons. The lowest BCUT2D eigenvalue weighted by atomic mass is 10.3. The lowest BCUT2D eigenvalue weighted by Crippen LogP contribution is -1.99. The normalized spacial score (nSPS) is 11.2. The predicted molar refractivity (Wildman–Crippen MR) is 65.4 cm³/mol. The standard InChI is InChI=1S/C7H5ClINO5S/c1-15-6-3-4(16(8,13)14)2-5(7(6)9)10(11)12/h2-3H,1H3. The summed E-state index contributed by atoms with van der Waals surface area (Å²) in [5.74, 6) is 0.0917. The van der Waals surface area contributed by atoms with Gasteiger partial charge in [0.05, 0.1) is 16.9 Å². The Morgan fingerprint density at radius 3 is 2.44 bits per heavy atom. The van der Waals surface area contributed by atoms with E-state index >= 15 is 0 Å². The fourth-order valence-electron chi connectivity index (χ4n) is 0.981. The van der Waals surface area contributed by atoms with Crippen LogP contribution in [0.2, 0.25) is 0 Å². The van der Waals surface area contributed by atoms with Gasteiger partial charge in [-0.1, -0.05) is 0 Å². The van der Waals surface area contributed by atoms with Crippen molar-refractivity contribution in [1.29, 1.82) is 0 Å². The average molecular weight is 378 g/mol. The van der Waals surface area contributed by atoms with E-state index in [-0.39, 0.29) is 19.9 Å². The minimum atomic E-state index is -4.02. The smallest absolute Gasteiger partial charge is 0.287 e. The molecule has 1 aromatic rings. The zero-order valence-corrected chi connectivity index (χ0v) is 11.5. The molecule has 0 amide bonds. The first-order valence-corrected chi connectivity index (χ1v) is 7.12. The van der Waals surface area contributed by atoms with Gasteiger partial charge in [0.25, 0.3) is 14.7 Å². The third-order valence-corrected chi connectivity index (χ3v) is 4.11. The Balaban J connectivity index is 3.59. The highest BCUT2D eigenvalue weighted by molar-refractivity contribution is 14.1. The number of nitro benzene ring substituents is 1. The molecular formula is C7H5ClINO5S. The minimum absolute atomic E-state index is 0.0917. The van der Waals surface area contributed by atoms with Gasteiger partial charge in [-0.15, -0.1) is 0 Å². The maximum atomic E-state index is 11.1. The maximum absolute atomic E-state index is 11.1. The van der Waals surface area contributed by atoms with Gasteiger partial charge in [-0.25, -0.2) is 8.42 Å². The van der Waals surface area contributed by atoms with E-state index in [9.17, 15) is 18.5 Å². The van der Waals surface area contributed by atoms with Gasteiger partial charge >= 0.3 is 0 Å². The Hall–Kier alpha value is -0.610. The molecule has 0 atom stereocenters. The number of benzene rings is 1. The summed E-state index contributed by atoms with van der Waals surface area (Å²) >= 11 is 1.70. The highest BCUT2D eigenvalue weighted by atomic mass is 127. The molecule has 9 heteroatoms. The van der Waals surface area contributed by atoms with E-state index in [1.165, 1.54) is 7.11 Å². The lowest BCUT2D eigenvalue weighted by molar-refractivity contribution is -0.386. The molecule has 0 radical (unpaired) electrons. The highest BCUT2D eigenvalue weighted by Crippen LogP contribution is 2.34. The molecule has 0 unspecified atom stereocenters. The van der Waals surface area contributed by atoms with Crippen LogP contribution in [0.1, 0.15) is 0 Å². The molecule has 0 fully saturated rings. The first kappa shape index (κ1) is 13.5. The number of hydrogen-bond acceptors (Lipinski definition) is 5. The summed E-state index contributed by atoms with van der Waals surface area (Å²) in [4.78, 5) is 9.61. The summed E-state index contributed by atoms with van der Waals surface area (Å²) in [7, 11) is 2.37. The molecule has 0 spiro atoms. The number of rotatable bonds is 3. The van der Waals surface area contributed by atoms with Crippen molar-refractivity contribution in [2.75, 3.05) is 7.11 Å². The molecular weight excluding hydrogens is 373 g/mol. The van der Waals surface area contributed by atoms with E-state index in [1.807, 2.05) is 0 Å². The monoisotopic (exact) mass is 377 g/mol. The summed E-state index contributed by atoms with van der Waals surface area (Å²) in [5, 5.41) is 10.7. The minimum Gasteiger partial charge on any atom is -0.495 e. The number of hydrogen-bond donors (Lipinski definition) is 0. The molecule has 0 aliphatic heterocycles. The van der Waals surface area contributed by atoms with Gasteiger partial charge in [0.15, 0.2) is 0 Å². The molecule has 1 rings (SSSR count). The zero-order valence-electron chi connectivity index (χ0n) is 7.81. The fraction of sp³-hybridized carbons (Fsp3) is 0.143. The van der Waals surface area contributed by atoms with Crippen molar-refractivity contribution in [3.63, 3.8) is 0 Å². The highest BCUT2D eigenvalue weighted by Gasteiger charge is 2.22. The van der Waals surface area contributed by atoms with E-state index in [0.717, 1.165) is 12.1 Å². The van der Waals surface area contributed by atoms with Crippen LogP contribution in [0.15, 0.2) is 17.0 Å². The Kier molecular flexibility index (Phi) is 3.97. The largest absolute Gasteiger partial charge is 0.495 e. The second kappa shape index (κ2) is 4.72. The molecule has 6 nitrogen and oxygen atoms in total. The van der Waals surface area contributed by atoms with Gasteiger partial charge in [-0.2, -0.15) is 0 Å². The average Bonchev–Trinajstić information content (AvgIpc) is 2.15. The summed E-state index contributed by atoms with van der Waals surface area (Å²) in [6, 6.07) is 2.03. The van der Waals surface area contributed by atoms with Crippen molar-refractivity contribution in [2.45, 2.75) is 4.90 Å². The number of methoxy groups -OCH3 is 1. The second-order valence-corrected chi connectivity index (χ2v) is 6.30. The fourth-order valence-corrected chi connectivity index (χ4v) is 2.48. The predicted octanol–water partition coefficient (Wildman–Crippen LogP) is 2.14. The lowest BCUT2D eigenvalue weighted by Gasteiger charge is -2.05. The van der Waals surface area contributed by atoms with Crippen LogP contribution in [-0.2, 0) is 9.05 Å². The van der Waals surface area contributed by atoms with Crippen LogP contribution in [-0.4, -0.2) is 20.5 Å². The molecule has 0 saturated heterocycles. The maximum Gasteiger partial charge on any atom is 0.287 e. The molecule has 0 aliphatic carbocycles. The Morgan fingerprint density at radius 1 is 1.50 bits per heavy atom. The molecule has 0 heterocycles. The van der Waals surface area contributed by atoms with Crippen LogP contribution in [0.3, 0.4) is 0 Å². The number of halogens is 2. The number of ether oxygens (including phenoxy) is 1. The SMILES string of the molecule is COc1cc(S(=O)(=O)Cl)cc([N+](=O)[O-])c1I. The van der Waals surface area contributed by atoms with Crippen molar-refractivity contribution in [1.82, 2.24) is 0 Å². The molecule has 0 aromatic heterocycles. The summed E-state index contributed by atoms with van der Waals surface area (Å²) < 4.78 is 27.2. The Labute approximate surface area is 109 Å². The van der Waals surface area contributed by atoms with Crippen molar-refractivity contribution in [3.05, 3.63) is 25.8 Å². The summed E-state index contributed by atoms with van der Waals surface area (Å²) in [6.45, 7) is 0. The first-order chi connectivity index (χ1) is 7.27. The quantitative estimate of drug-likeness (QED) is 0.349. The Morgan fingerprint density at radius 2 is 2.06 bits per heavy atom. The van der Waals surface area contributed by atoms with Crippen molar-refractivity contribution in [3.8, 4) is 5.75 Å². The van der Waals surface area contributed by atoms with E-state index in [4.69, 9.17) is 15.4 Å². The van der Waals surface area contributed by atoms with Gasteiger partial charge < -0.3 is 4.74 Å². The van der Waals surface area contributed by atoms with Crippen LogP contribution < -0.4 is 4.74 Å². The van der Waals surface area contributed by atoms with Crippen molar-refractivity contribution in [2.24, 2.45) is 0 Å². The summed E-state index contributed by atoms with van der Waals surface area (Å²) in [6.07, 6.45) is 0. The third-order valence-electron chi connectivity index (χ3n) is 1.69. The topological polar surface area (TPSA) is 86.5 Å². The molecule has 1 aromatic carbocycles. The van der Waals surface area contributed by atoms with Gasteiger partial charge in [-0.05, 0) is 22.6 Å². The van der Waals surface area contributed by atoms with Crippen LogP contribution >= 0.6 is 33.3 Å². The van der Waals surface area contributed by atoms with E-state index in [2.05, 4.69) is 0 Å².